The van der Waals surface area contributed by atoms with Crippen molar-refractivity contribution in [2.75, 3.05) is 13.2 Å². The fourth-order valence-corrected chi connectivity index (χ4v) is 2.48. The molecule has 0 atom stereocenters. The number of ether oxygens (including phenoxy) is 2. The second kappa shape index (κ2) is 8.01. The first kappa shape index (κ1) is 17.3. The average Bonchev–Trinajstić information content (AvgIpc) is 3.45. The number of pyridine rings is 1. The van der Waals surface area contributed by atoms with Crippen LogP contribution in [0, 0.1) is 12.8 Å². The van der Waals surface area contributed by atoms with Crippen LogP contribution in [0.15, 0.2) is 36.5 Å². The van der Waals surface area contributed by atoms with Crippen LogP contribution in [0.1, 0.15) is 41.3 Å². The van der Waals surface area contributed by atoms with Crippen molar-refractivity contribution in [2.24, 2.45) is 5.92 Å². The number of amides is 1. The molecule has 1 fully saturated rings. The topological polar surface area (TPSA) is 60.5 Å². The summed E-state index contributed by atoms with van der Waals surface area (Å²) in [6, 6.07) is 9.24. The fourth-order valence-electron chi connectivity index (χ4n) is 2.48. The van der Waals surface area contributed by atoms with E-state index in [1.807, 2.05) is 38.1 Å². The maximum atomic E-state index is 12.3. The number of nitrogens with one attached hydrogen (secondary N) is 1. The summed E-state index contributed by atoms with van der Waals surface area (Å²) in [5.41, 5.74) is 2.52. The van der Waals surface area contributed by atoms with Crippen molar-refractivity contribution in [1.82, 2.24) is 10.3 Å². The number of hydrogen-bond acceptors (Lipinski definition) is 4. The van der Waals surface area contributed by atoms with Crippen molar-refractivity contribution >= 4 is 5.91 Å². The van der Waals surface area contributed by atoms with Gasteiger partial charge in [0.25, 0.3) is 5.91 Å². The van der Waals surface area contributed by atoms with Crippen molar-refractivity contribution in [3.63, 3.8) is 0 Å². The Balaban J connectivity index is 1.51. The number of carbonyl (C=O) groups is 1. The van der Waals surface area contributed by atoms with Crippen LogP contribution < -0.4 is 14.8 Å². The molecule has 3 rings (SSSR count). The molecule has 1 amide bonds. The molecule has 1 aliphatic carbocycles. The van der Waals surface area contributed by atoms with E-state index in [4.69, 9.17) is 9.47 Å². The largest absolute Gasteiger partial charge is 0.494 e. The molecule has 1 N–H and O–H groups in total. The van der Waals surface area contributed by atoms with Gasteiger partial charge in [0, 0.05) is 24.4 Å². The fraction of sp³-hybridized carbons (Fsp3) is 0.400. The highest BCUT2D eigenvalue weighted by molar-refractivity contribution is 5.94. The first-order chi connectivity index (χ1) is 12.2. The molecule has 132 valence electrons. The van der Waals surface area contributed by atoms with E-state index >= 15 is 0 Å². The van der Waals surface area contributed by atoms with Crippen molar-refractivity contribution in [3.05, 3.63) is 53.2 Å². The minimum Gasteiger partial charge on any atom is -0.494 e. The number of nitrogens with zero attached hydrogens (tertiary/aromatic N) is 1. The SMILES string of the molecule is CCOc1ccc(C(=O)NCc2ccc(OCC3CC3)nc2)cc1C. The first-order valence-corrected chi connectivity index (χ1v) is 8.75. The monoisotopic (exact) mass is 340 g/mol. The van der Waals surface area contributed by atoms with Crippen LogP contribution >= 0.6 is 0 Å². The van der Waals surface area contributed by atoms with Gasteiger partial charge in [0.15, 0.2) is 0 Å². The lowest BCUT2D eigenvalue weighted by molar-refractivity contribution is 0.0950. The highest BCUT2D eigenvalue weighted by atomic mass is 16.5. The number of aryl methyl sites for hydroxylation is 1. The maximum Gasteiger partial charge on any atom is 0.251 e. The van der Waals surface area contributed by atoms with Gasteiger partial charge in [-0.3, -0.25) is 4.79 Å². The van der Waals surface area contributed by atoms with Crippen molar-refractivity contribution in [2.45, 2.75) is 33.2 Å². The van der Waals surface area contributed by atoms with E-state index in [1.165, 1.54) is 12.8 Å². The lowest BCUT2D eigenvalue weighted by Crippen LogP contribution is -2.23. The average molecular weight is 340 g/mol. The molecule has 0 aliphatic heterocycles. The number of aromatic nitrogens is 1. The van der Waals surface area contributed by atoms with Crippen LogP contribution in [0.5, 0.6) is 11.6 Å². The molecule has 0 spiro atoms. The Bertz CT molecular complexity index is 724. The van der Waals surface area contributed by atoms with E-state index in [1.54, 1.807) is 12.3 Å². The molecule has 5 nitrogen and oxygen atoms in total. The lowest BCUT2D eigenvalue weighted by atomic mass is 10.1. The summed E-state index contributed by atoms with van der Waals surface area (Å²) in [6.07, 6.45) is 4.26. The van der Waals surface area contributed by atoms with Crippen LogP contribution in [0.4, 0.5) is 0 Å². The van der Waals surface area contributed by atoms with Gasteiger partial charge >= 0.3 is 0 Å². The summed E-state index contributed by atoms with van der Waals surface area (Å²) in [6.45, 7) is 5.67. The number of carbonyl (C=O) groups excluding carboxylic acids is 1. The van der Waals surface area contributed by atoms with E-state index in [0.29, 0.717) is 30.5 Å². The molecular formula is C20H24N2O3. The Morgan fingerprint density at radius 2 is 2.08 bits per heavy atom. The standard InChI is InChI=1S/C20H24N2O3/c1-3-24-18-8-7-17(10-14(18)2)20(23)22-12-16-6-9-19(21-11-16)25-13-15-4-5-15/h6-11,15H,3-5,12-13H2,1-2H3,(H,22,23). The number of benzene rings is 1. The first-order valence-electron chi connectivity index (χ1n) is 8.75. The van der Waals surface area contributed by atoms with E-state index in [9.17, 15) is 4.79 Å². The van der Waals surface area contributed by atoms with E-state index < -0.39 is 0 Å². The van der Waals surface area contributed by atoms with Crippen LogP contribution in [0.3, 0.4) is 0 Å². The zero-order chi connectivity index (χ0) is 17.6. The Hall–Kier alpha value is -2.56. The minimum absolute atomic E-state index is 0.111. The third-order valence-electron chi connectivity index (χ3n) is 4.15. The number of hydrogen-bond donors (Lipinski definition) is 1. The Morgan fingerprint density at radius 1 is 1.24 bits per heavy atom. The molecule has 1 aliphatic rings. The van der Waals surface area contributed by atoms with Gasteiger partial charge in [0.05, 0.1) is 13.2 Å². The van der Waals surface area contributed by atoms with Gasteiger partial charge in [-0.05, 0) is 61.9 Å². The third kappa shape index (κ3) is 4.95. The zero-order valence-electron chi connectivity index (χ0n) is 14.7. The third-order valence-corrected chi connectivity index (χ3v) is 4.15. The van der Waals surface area contributed by atoms with Gasteiger partial charge in [-0.2, -0.15) is 0 Å². The van der Waals surface area contributed by atoms with E-state index in [2.05, 4.69) is 10.3 Å². The van der Waals surface area contributed by atoms with Gasteiger partial charge in [-0.1, -0.05) is 6.07 Å². The highest BCUT2D eigenvalue weighted by Crippen LogP contribution is 2.29. The summed E-state index contributed by atoms with van der Waals surface area (Å²) in [5.74, 6) is 2.05. The van der Waals surface area contributed by atoms with Crippen molar-refractivity contribution in [1.29, 1.82) is 0 Å². The molecule has 1 saturated carbocycles. The van der Waals surface area contributed by atoms with Crippen LogP contribution in [-0.4, -0.2) is 24.1 Å². The maximum absolute atomic E-state index is 12.3. The molecule has 1 aromatic heterocycles. The van der Waals surface area contributed by atoms with Crippen LogP contribution in [0.2, 0.25) is 0 Å². The molecule has 0 saturated heterocycles. The summed E-state index contributed by atoms with van der Waals surface area (Å²) < 4.78 is 11.1. The molecule has 1 aromatic carbocycles. The predicted octanol–water partition coefficient (Wildman–Crippen LogP) is 3.51. The summed E-state index contributed by atoms with van der Waals surface area (Å²) in [7, 11) is 0. The van der Waals surface area contributed by atoms with E-state index in [0.717, 1.165) is 23.5 Å². The highest BCUT2D eigenvalue weighted by Gasteiger charge is 2.22. The van der Waals surface area contributed by atoms with Gasteiger partial charge < -0.3 is 14.8 Å². The molecule has 0 bridgehead atoms. The molecule has 25 heavy (non-hydrogen) atoms. The smallest absolute Gasteiger partial charge is 0.251 e. The Morgan fingerprint density at radius 3 is 2.72 bits per heavy atom. The minimum atomic E-state index is -0.111. The van der Waals surface area contributed by atoms with Gasteiger partial charge in [0.1, 0.15) is 5.75 Å². The molecule has 0 radical (unpaired) electrons. The summed E-state index contributed by atoms with van der Waals surface area (Å²) in [5, 5.41) is 2.91. The van der Waals surface area contributed by atoms with E-state index in [-0.39, 0.29) is 5.91 Å². The predicted molar refractivity (Wildman–Crippen MR) is 96.0 cm³/mol. The van der Waals surface area contributed by atoms with Crippen LogP contribution in [0.25, 0.3) is 0 Å². The number of rotatable bonds is 8. The molecule has 0 unspecified atom stereocenters. The lowest BCUT2D eigenvalue weighted by Gasteiger charge is -2.10. The van der Waals surface area contributed by atoms with Crippen molar-refractivity contribution < 1.29 is 14.3 Å². The zero-order valence-corrected chi connectivity index (χ0v) is 14.7. The molecule has 1 heterocycles. The van der Waals surface area contributed by atoms with Gasteiger partial charge in [-0.25, -0.2) is 4.98 Å². The Kier molecular flexibility index (Phi) is 5.53. The Labute approximate surface area is 148 Å². The summed E-state index contributed by atoms with van der Waals surface area (Å²) >= 11 is 0. The van der Waals surface area contributed by atoms with Crippen molar-refractivity contribution in [3.8, 4) is 11.6 Å². The van der Waals surface area contributed by atoms with Crippen LogP contribution in [-0.2, 0) is 6.54 Å². The van der Waals surface area contributed by atoms with Gasteiger partial charge in [0.2, 0.25) is 5.88 Å². The summed E-state index contributed by atoms with van der Waals surface area (Å²) in [4.78, 5) is 16.6. The normalized spacial score (nSPS) is 13.4. The second-order valence-corrected chi connectivity index (χ2v) is 6.36. The quantitative estimate of drug-likeness (QED) is 0.799. The second-order valence-electron chi connectivity index (χ2n) is 6.36. The van der Waals surface area contributed by atoms with Gasteiger partial charge in [-0.15, -0.1) is 0 Å². The molecule has 2 aromatic rings. The molecule has 5 heteroatoms. The molecular weight excluding hydrogens is 316 g/mol.